The number of hydrogen-bond donors (Lipinski definition) is 2. The Morgan fingerprint density at radius 2 is 1.95 bits per heavy atom. The number of benzene rings is 1. The Morgan fingerprint density at radius 3 is 2.33 bits per heavy atom. The van der Waals surface area contributed by atoms with E-state index in [9.17, 15) is 13.6 Å². The topological polar surface area (TPSA) is 64.4 Å². The van der Waals surface area contributed by atoms with Gasteiger partial charge in [-0.05, 0) is 25.0 Å². The molecule has 3 N–H and O–H groups in total. The largest absolute Gasteiger partial charge is 0.432 e. The van der Waals surface area contributed by atoms with Gasteiger partial charge in [0, 0.05) is 12.2 Å². The highest BCUT2D eigenvalue weighted by Crippen LogP contribution is 2.42. The third-order valence-corrected chi connectivity index (χ3v) is 4.21. The Kier molecular flexibility index (Phi) is 4.91. The highest BCUT2D eigenvalue weighted by Gasteiger charge is 2.42. The molecular weight excluding hydrogens is 325 g/mol. The van der Waals surface area contributed by atoms with E-state index in [2.05, 4.69) is 10.1 Å². The first kappa shape index (κ1) is 16.3. The minimum Gasteiger partial charge on any atom is -0.432 e. The molecule has 1 aromatic rings. The molecule has 116 valence electrons. The predicted octanol–water partition coefficient (Wildman–Crippen LogP) is 3.66. The van der Waals surface area contributed by atoms with Gasteiger partial charge in [0.05, 0.1) is 15.5 Å². The van der Waals surface area contributed by atoms with Gasteiger partial charge in [-0.2, -0.15) is 8.78 Å². The first-order valence-corrected chi connectivity index (χ1v) is 7.09. The van der Waals surface area contributed by atoms with Crippen molar-refractivity contribution in [2.75, 3.05) is 11.9 Å². The molecule has 4 nitrogen and oxygen atoms in total. The summed E-state index contributed by atoms with van der Waals surface area (Å²) in [7, 11) is 0. The Hall–Kier alpha value is -1.11. The number of ether oxygens (including phenoxy) is 1. The van der Waals surface area contributed by atoms with Crippen LogP contribution in [0.2, 0.25) is 10.0 Å². The molecule has 1 aliphatic carbocycles. The van der Waals surface area contributed by atoms with Crippen molar-refractivity contribution in [3.8, 4) is 5.75 Å². The first-order valence-electron chi connectivity index (χ1n) is 6.33. The third kappa shape index (κ3) is 3.39. The van der Waals surface area contributed by atoms with Crippen LogP contribution < -0.4 is 15.8 Å². The van der Waals surface area contributed by atoms with Crippen molar-refractivity contribution in [3.05, 3.63) is 22.2 Å². The van der Waals surface area contributed by atoms with Crippen molar-refractivity contribution in [2.45, 2.75) is 25.9 Å². The van der Waals surface area contributed by atoms with Crippen LogP contribution in [0.4, 0.5) is 14.5 Å². The number of nitrogens with two attached hydrogens (primary N) is 1. The zero-order valence-corrected chi connectivity index (χ0v) is 12.5. The summed E-state index contributed by atoms with van der Waals surface area (Å²) in [6.07, 6.45) is 2.40. The average molecular weight is 339 g/mol. The number of halogens is 4. The maximum Gasteiger partial charge on any atom is 0.387 e. The molecule has 0 saturated heterocycles. The first-order chi connectivity index (χ1) is 9.88. The summed E-state index contributed by atoms with van der Waals surface area (Å²) in [6, 6.07) is 2.62. The summed E-state index contributed by atoms with van der Waals surface area (Å²) in [5.41, 5.74) is 5.40. The van der Waals surface area contributed by atoms with E-state index >= 15 is 0 Å². The van der Waals surface area contributed by atoms with Crippen molar-refractivity contribution in [1.29, 1.82) is 0 Å². The molecule has 1 aromatic carbocycles. The van der Waals surface area contributed by atoms with Gasteiger partial charge in [-0.1, -0.05) is 29.6 Å². The van der Waals surface area contributed by atoms with Crippen LogP contribution in [0.1, 0.15) is 19.3 Å². The van der Waals surface area contributed by atoms with Gasteiger partial charge >= 0.3 is 6.61 Å². The van der Waals surface area contributed by atoms with E-state index in [4.69, 9.17) is 28.9 Å². The molecule has 1 aliphatic rings. The van der Waals surface area contributed by atoms with Crippen LogP contribution >= 0.6 is 23.2 Å². The zero-order chi connectivity index (χ0) is 15.6. The van der Waals surface area contributed by atoms with Gasteiger partial charge in [0.15, 0.2) is 5.75 Å². The summed E-state index contributed by atoms with van der Waals surface area (Å²) in [5.74, 6) is -0.533. The van der Waals surface area contributed by atoms with Crippen LogP contribution in [-0.4, -0.2) is 19.1 Å². The Bertz CT molecular complexity index is 522. The van der Waals surface area contributed by atoms with Gasteiger partial charge in [-0.3, -0.25) is 4.79 Å². The molecule has 1 saturated carbocycles. The monoisotopic (exact) mass is 338 g/mol. The summed E-state index contributed by atoms with van der Waals surface area (Å²) >= 11 is 11.7. The number of carbonyl (C=O) groups excluding carboxylic acids is 1. The van der Waals surface area contributed by atoms with Crippen LogP contribution in [0.3, 0.4) is 0 Å². The van der Waals surface area contributed by atoms with E-state index < -0.39 is 12.0 Å². The second-order valence-electron chi connectivity index (χ2n) is 4.94. The Balaban J connectivity index is 2.16. The second kappa shape index (κ2) is 6.34. The van der Waals surface area contributed by atoms with Gasteiger partial charge in [0.25, 0.3) is 0 Å². The van der Waals surface area contributed by atoms with Crippen molar-refractivity contribution < 1.29 is 18.3 Å². The molecule has 1 amide bonds. The number of carbonyl (C=O) groups is 1. The molecule has 21 heavy (non-hydrogen) atoms. The van der Waals surface area contributed by atoms with E-state index in [1.165, 1.54) is 12.1 Å². The van der Waals surface area contributed by atoms with Crippen LogP contribution in [-0.2, 0) is 4.79 Å². The number of alkyl halides is 2. The fourth-order valence-corrected chi connectivity index (χ4v) is 2.80. The van der Waals surface area contributed by atoms with Crippen LogP contribution in [0.15, 0.2) is 12.1 Å². The number of amides is 1. The van der Waals surface area contributed by atoms with Crippen molar-refractivity contribution in [3.63, 3.8) is 0 Å². The van der Waals surface area contributed by atoms with E-state index in [1.807, 2.05) is 0 Å². The van der Waals surface area contributed by atoms with Gasteiger partial charge in [0.1, 0.15) is 0 Å². The number of hydrogen-bond acceptors (Lipinski definition) is 3. The fourth-order valence-electron chi connectivity index (χ4n) is 2.22. The van der Waals surface area contributed by atoms with Crippen LogP contribution in [0, 0.1) is 5.41 Å². The lowest BCUT2D eigenvalue weighted by Gasteiger charge is -2.39. The smallest absolute Gasteiger partial charge is 0.387 e. The molecule has 0 aliphatic heterocycles. The lowest BCUT2D eigenvalue weighted by atomic mass is 9.68. The fraction of sp³-hybridized carbons (Fsp3) is 0.462. The molecule has 0 radical (unpaired) electrons. The van der Waals surface area contributed by atoms with Gasteiger partial charge < -0.3 is 15.8 Å². The number of nitrogens with one attached hydrogen (secondary N) is 1. The van der Waals surface area contributed by atoms with Crippen molar-refractivity contribution in [1.82, 2.24) is 0 Å². The Morgan fingerprint density at radius 1 is 1.38 bits per heavy atom. The summed E-state index contributed by atoms with van der Waals surface area (Å²) in [4.78, 5) is 12.2. The molecule has 1 fully saturated rings. The maximum absolute atomic E-state index is 12.2. The van der Waals surface area contributed by atoms with Gasteiger partial charge in [-0.25, -0.2) is 0 Å². The lowest BCUT2D eigenvalue weighted by Crippen LogP contribution is -2.47. The SMILES string of the molecule is NCC1(C(=O)Nc2cc(Cl)c(OC(F)F)c(Cl)c2)CCC1. The van der Waals surface area contributed by atoms with Gasteiger partial charge in [0.2, 0.25) is 5.91 Å². The molecule has 0 unspecified atom stereocenters. The minimum atomic E-state index is -3.03. The number of anilines is 1. The quantitative estimate of drug-likeness (QED) is 0.860. The molecular formula is C13H14Cl2F2N2O2. The molecule has 0 heterocycles. The van der Waals surface area contributed by atoms with E-state index in [0.29, 0.717) is 5.69 Å². The maximum atomic E-state index is 12.2. The van der Waals surface area contributed by atoms with Gasteiger partial charge in [-0.15, -0.1) is 0 Å². The second-order valence-corrected chi connectivity index (χ2v) is 5.75. The van der Waals surface area contributed by atoms with E-state index in [0.717, 1.165) is 19.3 Å². The van der Waals surface area contributed by atoms with E-state index in [-0.39, 0.29) is 28.2 Å². The lowest BCUT2D eigenvalue weighted by molar-refractivity contribution is -0.129. The summed E-state index contributed by atoms with van der Waals surface area (Å²) < 4.78 is 28.7. The standard InChI is InChI=1S/C13H14Cl2F2N2O2/c14-8-4-7(5-9(15)10(8)21-12(16)17)19-11(20)13(6-18)2-1-3-13/h4-5,12H,1-3,6,18H2,(H,19,20). The molecule has 2 rings (SSSR count). The van der Waals surface area contributed by atoms with Crippen LogP contribution in [0.25, 0.3) is 0 Å². The van der Waals surface area contributed by atoms with Crippen LogP contribution in [0.5, 0.6) is 5.75 Å². The number of rotatable bonds is 5. The van der Waals surface area contributed by atoms with Crippen molar-refractivity contribution in [2.24, 2.45) is 11.1 Å². The molecule has 0 aromatic heterocycles. The average Bonchev–Trinajstić information content (AvgIpc) is 2.33. The van der Waals surface area contributed by atoms with E-state index in [1.54, 1.807) is 0 Å². The molecule has 0 spiro atoms. The predicted molar refractivity (Wildman–Crippen MR) is 77.1 cm³/mol. The molecule has 0 bridgehead atoms. The Labute approximate surface area is 130 Å². The molecule has 8 heteroatoms. The third-order valence-electron chi connectivity index (χ3n) is 3.65. The summed E-state index contributed by atoms with van der Waals surface area (Å²) in [6.45, 7) is -2.77. The summed E-state index contributed by atoms with van der Waals surface area (Å²) in [5, 5.41) is 2.46. The molecule has 0 atom stereocenters. The highest BCUT2D eigenvalue weighted by molar-refractivity contribution is 6.37. The highest BCUT2D eigenvalue weighted by atomic mass is 35.5. The zero-order valence-electron chi connectivity index (χ0n) is 11.0. The normalized spacial score (nSPS) is 16.5. The van der Waals surface area contributed by atoms with Crippen molar-refractivity contribution >= 4 is 34.8 Å². The minimum absolute atomic E-state index is 0.103.